The van der Waals surface area contributed by atoms with Crippen LogP contribution < -0.4 is 5.32 Å². The molecule has 0 aliphatic rings. The fourth-order valence-electron chi connectivity index (χ4n) is 2.14. The van der Waals surface area contributed by atoms with Gasteiger partial charge in [-0.05, 0) is 32.8 Å². The zero-order valence-corrected chi connectivity index (χ0v) is 16.4. The normalized spacial score (nSPS) is 10.7. The Morgan fingerprint density at radius 2 is 1.96 bits per heavy atom. The molecule has 0 saturated heterocycles. The van der Waals surface area contributed by atoms with Crippen molar-refractivity contribution in [2.45, 2.75) is 38.5 Å². The predicted octanol–water partition coefficient (Wildman–Crippen LogP) is 3.69. The van der Waals surface area contributed by atoms with E-state index in [2.05, 4.69) is 15.5 Å². The number of esters is 1. The molecule has 0 radical (unpaired) electrons. The fraction of sp³-hybridized carbons (Fsp3) is 0.467. The van der Waals surface area contributed by atoms with Crippen molar-refractivity contribution in [3.8, 4) is 0 Å². The van der Waals surface area contributed by atoms with Gasteiger partial charge in [0.2, 0.25) is 5.91 Å². The van der Waals surface area contributed by atoms with Gasteiger partial charge in [-0.1, -0.05) is 30.0 Å². The van der Waals surface area contributed by atoms with E-state index in [0.717, 1.165) is 19.8 Å². The molecule has 9 heteroatoms. The van der Waals surface area contributed by atoms with E-state index < -0.39 is 0 Å². The van der Waals surface area contributed by atoms with E-state index in [1.54, 1.807) is 6.92 Å². The number of hydrogen-bond acceptors (Lipinski definition) is 8. The van der Waals surface area contributed by atoms with Gasteiger partial charge in [0.25, 0.3) is 0 Å². The minimum atomic E-state index is -0.388. The summed E-state index contributed by atoms with van der Waals surface area (Å²) in [6.45, 7) is 7.87. The van der Waals surface area contributed by atoms with Gasteiger partial charge in [0, 0.05) is 4.88 Å². The number of aryl methyl sites for hydroxylation is 2. The molecule has 0 bridgehead atoms. The number of nitrogens with one attached hydrogen (secondary N) is 1. The predicted molar refractivity (Wildman–Crippen MR) is 98.4 cm³/mol. The lowest BCUT2D eigenvalue weighted by Gasteiger charge is -2.07. The molecule has 0 aliphatic heterocycles. The Kier molecular flexibility index (Phi) is 6.76. The maximum atomic E-state index is 12.2. The quantitative estimate of drug-likeness (QED) is 0.578. The highest BCUT2D eigenvalue weighted by atomic mass is 32.2. The minimum Gasteiger partial charge on any atom is -0.462 e. The summed E-state index contributed by atoms with van der Waals surface area (Å²) in [4.78, 5) is 25.5. The first-order chi connectivity index (χ1) is 11.5. The van der Waals surface area contributed by atoms with Crippen molar-refractivity contribution in [2.24, 2.45) is 0 Å². The number of carbonyl (C=O) groups excluding carboxylic acids is 2. The number of hydrogen-bond donors (Lipinski definition) is 1. The van der Waals surface area contributed by atoms with Crippen molar-refractivity contribution in [2.75, 3.05) is 17.7 Å². The third kappa shape index (κ3) is 4.55. The van der Waals surface area contributed by atoms with Crippen LogP contribution >= 0.6 is 34.4 Å². The standard InChI is InChI=1S/C15H19N3O3S3/c1-5-10-8(3)23-13(12(10)14(20)21-6-2)16-11(19)7-22-15-18-17-9(4)24-15/h5-7H2,1-4H3,(H,16,19). The Hall–Kier alpha value is -1.45. The van der Waals surface area contributed by atoms with E-state index in [1.165, 1.54) is 34.4 Å². The fourth-order valence-corrected chi connectivity index (χ4v) is 4.90. The number of thioether (sulfide) groups is 1. The van der Waals surface area contributed by atoms with Crippen LogP contribution in [0.25, 0.3) is 0 Å². The smallest absolute Gasteiger partial charge is 0.341 e. The Morgan fingerprint density at radius 3 is 2.54 bits per heavy atom. The van der Waals surface area contributed by atoms with Crippen molar-refractivity contribution in [1.82, 2.24) is 10.2 Å². The number of amides is 1. The van der Waals surface area contributed by atoms with Gasteiger partial charge in [-0.25, -0.2) is 4.79 Å². The van der Waals surface area contributed by atoms with Gasteiger partial charge in [-0.3, -0.25) is 4.79 Å². The number of thiophene rings is 1. The van der Waals surface area contributed by atoms with Crippen LogP contribution in [0, 0.1) is 13.8 Å². The summed E-state index contributed by atoms with van der Waals surface area (Å²) in [6, 6.07) is 0. The summed E-state index contributed by atoms with van der Waals surface area (Å²) >= 11 is 4.19. The third-order valence-electron chi connectivity index (χ3n) is 3.13. The first kappa shape index (κ1) is 18.9. The summed E-state index contributed by atoms with van der Waals surface area (Å²) in [5.74, 6) is -0.348. The molecule has 2 heterocycles. The highest BCUT2D eigenvalue weighted by Crippen LogP contribution is 2.34. The Bertz CT molecular complexity index is 740. The largest absolute Gasteiger partial charge is 0.462 e. The van der Waals surface area contributed by atoms with Crippen LogP contribution in [0.3, 0.4) is 0 Å². The minimum absolute atomic E-state index is 0.178. The molecule has 1 amide bonds. The monoisotopic (exact) mass is 385 g/mol. The lowest BCUT2D eigenvalue weighted by Crippen LogP contribution is -2.16. The molecule has 24 heavy (non-hydrogen) atoms. The van der Waals surface area contributed by atoms with E-state index in [-0.39, 0.29) is 17.6 Å². The molecule has 2 rings (SSSR count). The Morgan fingerprint density at radius 1 is 1.21 bits per heavy atom. The molecule has 0 fully saturated rings. The number of rotatable bonds is 7. The van der Waals surface area contributed by atoms with Crippen LogP contribution in [0.15, 0.2) is 4.34 Å². The van der Waals surface area contributed by atoms with Crippen LogP contribution in [-0.2, 0) is 16.0 Å². The van der Waals surface area contributed by atoms with Crippen LogP contribution in [-0.4, -0.2) is 34.4 Å². The molecule has 1 N–H and O–H groups in total. The van der Waals surface area contributed by atoms with Crippen molar-refractivity contribution >= 4 is 51.3 Å². The average Bonchev–Trinajstić information content (AvgIpc) is 3.08. The van der Waals surface area contributed by atoms with E-state index in [0.29, 0.717) is 23.6 Å². The molecular formula is C15H19N3O3S3. The Labute approximate surface area is 153 Å². The van der Waals surface area contributed by atoms with Gasteiger partial charge in [0.15, 0.2) is 4.34 Å². The molecule has 0 atom stereocenters. The zero-order chi connectivity index (χ0) is 17.7. The van der Waals surface area contributed by atoms with Crippen molar-refractivity contribution in [3.63, 3.8) is 0 Å². The molecule has 0 spiro atoms. The van der Waals surface area contributed by atoms with Crippen LogP contribution in [0.2, 0.25) is 0 Å². The molecule has 0 aromatic carbocycles. The summed E-state index contributed by atoms with van der Waals surface area (Å²) < 4.78 is 5.89. The Balaban J connectivity index is 2.10. The maximum Gasteiger partial charge on any atom is 0.341 e. The highest BCUT2D eigenvalue weighted by Gasteiger charge is 2.23. The third-order valence-corrected chi connectivity index (χ3v) is 6.16. The summed E-state index contributed by atoms with van der Waals surface area (Å²) in [5, 5.41) is 12.2. The molecule has 2 aromatic heterocycles. The van der Waals surface area contributed by atoms with Gasteiger partial charge >= 0.3 is 5.97 Å². The highest BCUT2D eigenvalue weighted by molar-refractivity contribution is 8.01. The molecule has 2 aromatic rings. The topological polar surface area (TPSA) is 81.2 Å². The molecule has 0 aliphatic carbocycles. The van der Waals surface area contributed by atoms with E-state index in [1.807, 2.05) is 20.8 Å². The molecule has 130 valence electrons. The van der Waals surface area contributed by atoms with Gasteiger partial charge in [0.1, 0.15) is 10.0 Å². The van der Waals surface area contributed by atoms with Crippen LogP contribution in [0.5, 0.6) is 0 Å². The van der Waals surface area contributed by atoms with E-state index in [4.69, 9.17) is 4.74 Å². The van der Waals surface area contributed by atoms with E-state index in [9.17, 15) is 9.59 Å². The average molecular weight is 386 g/mol. The van der Waals surface area contributed by atoms with Gasteiger partial charge in [0.05, 0.1) is 17.9 Å². The summed E-state index contributed by atoms with van der Waals surface area (Å²) in [7, 11) is 0. The van der Waals surface area contributed by atoms with Gasteiger partial charge in [-0.15, -0.1) is 21.5 Å². The van der Waals surface area contributed by atoms with Gasteiger partial charge in [-0.2, -0.15) is 0 Å². The number of ether oxygens (including phenoxy) is 1. The molecule has 0 unspecified atom stereocenters. The lowest BCUT2D eigenvalue weighted by molar-refractivity contribution is -0.113. The second kappa shape index (κ2) is 8.59. The number of nitrogens with zero attached hydrogens (tertiary/aromatic N) is 2. The zero-order valence-electron chi connectivity index (χ0n) is 14.0. The second-order valence-electron chi connectivity index (χ2n) is 4.84. The molecule has 0 saturated carbocycles. The first-order valence-electron chi connectivity index (χ1n) is 7.48. The van der Waals surface area contributed by atoms with Crippen LogP contribution in [0.4, 0.5) is 5.00 Å². The lowest BCUT2D eigenvalue weighted by atomic mass is 10.1. The summed E-state index contributed by atoms with van der Waals surface area (Å²) in [6.07, 6.45) is 0.713. The number of aromatic nitrogens is 2. The first-order valence-corrected chi connectivity index (χ1v) is 10.1. The van der Waals surface area contributed by atoms with E-state index >= 15 is 0 Å². The number of carbonyl (C=O) groups is 2. The van der Waals surface area contributed by atoms with Gasteiger partial charge < -0.3 is 10.1 Å². The summed E-state index contributed by atoms with van der Waals surface area (Å²) in [5.41, 5.74) is 1.41. The van der Waals surface area contributed by atoms with Crippen molar-refractivity contribution < 1.29 is 14.3 Å². The SMILES string of the molecule is CCOC(=O)c1c(NC(=O)CSc2nnc(C)s2)sc(C)c1CC. The maximum absolute atomic E-state index is 12.2. The van der Waals surface area contributed by atoms with Crippen molar-refractivity contribution in [1.29, 1.82) is 0 Å². The second-order valence-corrected chi connectivity index (χ2v) is 8.47. The molecular weight excluding hydrogens is 366 g/mol. The molecule has 6 nitrogen and oxygen atoms in total. The van der Waals surface area contributed by atoms with Crippen LogP contribution in [0.1, 0.15) is 39.7 Å². The number of anilines is 1. The van der Waals surface area contributed by atoms with Crippen molar-refractivity contribution in [3.05, 3.63) is 21.0 Å².